The number of rotatable bonds is 2. The van der Waals surface area contributed by atoms with Gasteiger partial charge in [-0.05, 0) is 39.2 Å². The Balaban J connectivity index is 2.01. The smallest absolute Gasteiger partial charge is 0.352 e. The van der Waals surface area contributed by atoms with Crippen LogP contribution in [0.15, 0.2) is 78.9 Å². The molecule has 0 bridgehead atoms. The van der Waals surface area contributed by atoms with Gasteiger partial charge in [0.25, 0.3) is 0 Å². The highest BCUT2D eigenvalue weighted by Crippen LogP contribution is 2.39. The molecule has 0 saturated carbocycles. The Kier molecular flexibility index (Phi) is 3.09. The van der Waals surface area contributed by atoms with Crippen molar-refractivity contribution in [2.75, 3.05) is 0 Å². The molecule has 0 atom stereocenters. The normalized spacial score (nSPS) is 11.4. The second-order valence-electron chi connectivity index (χ2n) is 6.42. The van der Waals surface area contributed by atoms with E-state index in [2.05, 4.69) is 35.3 Å². The van der Waals surface area contributed by atoms with Crippen molar-refractivity contribution in [3.05, 3.63) is 84.6 Å². The number of aromatic carboxylic acids is 1. The summed E-state index contributed by atoms with van der Waals surface area (Å²) in [5.74, 6) is -0.951. The van der Waals surface area contributed by atoms with Crippen LogP contribution in [-0.4, -0.2) is 16.1 Å². The van der Waals surface area contributed by atoms with Crippen LogP contribution in [0.5, 0.6) is 0 Å². The standard InChI is InChI=1S/C23H15NO2/c25-23(26)22-21(18-11-5-6-12-20(18)24-22)19-13-14-7-1-2-8-15(14)16-9-3-4-10-17(16)19/h1-13,24H,(H,25,26). The average molecular weight is 337 g/mol. The molecule has 0 aliphatic carbocycles. The van der Waals surface area contributed by atoms with Gasteiger partial charge in [-0.3, -0.25) is 0 Å². The Morgan fingerprint density at radius 3 is 2.12 bits per heavy atom. The first-order valence-electron chi connectivity index (χ1n) is 8.49. The van der Waals surface area contributed by atoms with Gasteiger partial charge in [-0.2, -0.15) is 0 Å². The van der Waals surface area contributed by atoms with Crippen molar-refractivity contribution in [3.63, 3.8) is 0 Å². The van der Waals surface area contributed by atoms with Gasteiger partial charge >= 0.3 is 5.97 Å². The number of H-pyrrole nitrogens is 1. The Morgan fingerprint density at radius 2 is 1.35 bits per heavy atom. The van der Waals surface area contributed by atoms with Gasteiger partial charge in [0.15, 0.2) is 0 Å². The highest BCUT2D eigenvalue weighted by molar-refractivity contribution is 6.18. The van der Waals surface area contributed by atoms with Gasteiger partial charge in [0.05, 0.1) is 0 Å². The van der Waals surface area contributed by atoms with Gasteiger partial charge < -0.3 is 10.1 Å². The molecule has 0 radical (unpaired) electrons. The van der Waals surface area contributed by atoms with Crippen LogP contribution in [0.1, 0.15) is 10.5 Å². The van der Waals surface area contributed by atoms with Crippen LogP contribution in [0.25, 0.3) is 43.6 Å². The zero-order valence-electron chi connectivity index (χ0n) is 13.9. The van der Waals surface area contributed by atoms with E-state index in [9.17, 15) is 9.90 Å². The molecular formula is C23H15NO2. The molecule has 3 nitrogen and oxygen atoms in total. The van der Waals surface area contributed by atoms with E-state index in [0.717, 1.165) is 38.2 Å². The van der Waals surface area contributed by atoms with E-state index < -0.39 is 5.97 Å². The van der Waals surface area contributed by atoms with Gasteiger partial charge in [0.2, 0.25) is 0 Å². The van der Waals surface area contributed by atoms with E-state index >= 15 is 0 Å². The van der Waals surface area contributed by atoms with Gasteiger partial charge in [-0.15, -0.1) is 0 Å². The molecule has 0 saturated heterocycles. The molecule has 0 spiro atoms. The van der Waals surface area contributed by atoms with Crippen molar-refractivity contribution in [2.24, 2.45) is 0 Å². The Bertz CT molecular complexity index is 1310. The molecule has 5 aromatic rings. The second-order valence-corrected chi connectivity index (χ2v) is 6.42. The first-order chi connectivity index (χ1) is 12.7. The minimum Gasteiger partial charge on any atom is -0.477 e. The summed E-state index contributed by atoms with van der Waals surface area (Å²) in [5.41, 5.74) is 2.74. The predicted molar refractivity (Wildman–Crippen MR) is 106 cm³/mol. The maximum Gasteiger partial charge on any atom is 0.352 e. The number of hydrogen-bond acceptors (Lipinski definition) is 1. The van der Waals surface area contributed by atoms with E-state index in [4.69, 9.17) is 0 Å². The van der Waals surface area contributed by atoms with Crippen molar-refractivity contribution in [1.29, 1.82) is 0 Å². The second kappa shape index (κ2) is 5.46. The molecule has 0 aliphatic heterocycles. The fraction of sp³-hybridized carbons (Fsp3) is 0. The number of carboxylic acids is 1. The Morgan fingerprint density at radius 1 is 0.731 bits per heavy atom. The molecule has 3 heteroatoms. The fourth-order valence-corrected chi connectivity index (χ4v) is 3.84. The highest BCUT2D eigenvalue weighted by atomic mass is 16.4. The Hall–Kier alpha value is -3.59. The van der Waals surface area contributed by atoms with E-state index in [1.165, 1.54) is 5.39 Å². The first-order valence-corrected chi connectivity index (χ1v) is 8.49. The van der Waals surface area contributed by atoms with E-state index in [1.54, 1.807) is 0 Å². The zero-order chi connectivity index (χ0) is 17.7. The van der Waals surface area contributed by atoms with Gasteiger partial charge in [-0.25, -0.2) is 4.79 Å². The van der Waals surface area contributed by atoms with Crippen LogP contribution in [0, 0.1) is 0 Å². The quantitative estimate of drug-likeness (QED) is 0.398. The number of benzene rings is 4. The summed E-state index contributed by atoms with van der Waals surface area (Å²) in [7, 11) is 0. The Labute approximate surface area is 149 Å². The third-order valence-electron chi connectivity index (χ3n) is 4.96. The maximum atomic E-state index is 11.9. The minimum absolute atomic E-state index is 0.228. The zero-order valence-corrected chi connectivity index (χ0v) is 13.9. The first kappa shape index (κ1) is 14.7. The summed E-state index contributed by atoms with van der Waals surface area (Å²) in [6, 6.07) is 26.2. The van der Waals surface area contributed by atoms with Crippen LogP contribution >= 0.6 is 0 Å². The molecule has 124 valence electrons. The average Bonchev–Trinajstić information content (AvgIpc) is 3.07. The van der Waals surface area contributed by atoms with Crippen molar-refractivity contribution in [1.82, 2.24) is 4.98 Å². The molecule has 0 fully saturated rings. The predicted octanol–water partition coefficient (Wildman–Crippen LogP) is 5.84. The van der Waals surface area contributed by atoms with Crippen molar-refractivity contribution >= 4 is 38.4 Å². The van der Waals surface area contributed by atoms with Crippen molar-refractivity contribution < 1.29 is 9.90 Å². The number of aromatic nitrogens is 1. The molecular weight excluding hydrogens is 322 g/mol. The molecule has 4 aromatic carbocycles. The van der Waals surface area contributed by atoms with E-state index in [0.29, 0.717) is 0 Å². The molecule has 0 amide bonds. The number of fused-ring (bicyclic) bond motifs is 4. The summed E-state index contributed by atoms with van der Waals surface area (Å²) < 4.78 is 0. The minimum atomic E-state index is -0.951. The molecule has 0 unspecified atom stereocenters. The van der Waals surface area contributed by atoms with Gasteiger partial charge in [-0.1, -0.05) is 66.7 Å². The number of carboxylic acid groups (broad SMARTS) is 1. The molecule has 2 N–H and O–H groups in total. The third-order valence-corrected chi connectivity index (χ3v) is 4.96. The molecule has 1 heterocycles. The summed E-state index contributed by atoms with van der Waals surface area (Å²) in [5, 5.41) is 15.2. The van der Waals surface area contributed by atoms with Crippen LogP contribution in [0.4, 0.5) is 0 Å². The van der Waals surface area contributed by atoms with Gasteiger partial charge in [0.1, 0.15) is 5.69 Å². The van der Waals surface area contributed by atoms with Crippen LogP contribution in [-0.2, 0) is 0 Å². The van der Waals surface area contributed by atoms with Crippen molar-refractivity contribution in [3.8, 4) is 11.1 Å². The maximum absolute atomic E-state index is 11.9. The van der Waals surface area contributed by atoms with Crippen LogP contribution < -0.4 is 0 Å². The number of para-hydroxylation sites is 1. The molecule has 1 aromatic heterocycles. The van der Waals surface area contributed by atoms with Crippen LogP contribution in [0.3, 0.4) is 0 Å². The number of aromatic amines is 1. The monoisotopic (exact) mass is 337 g/mol. The molecule has 0 aliphatic rings. The SMILES string of the molecule is O=C(O)c1[nH]c2ccccc2c1-c1cc2ccccc2c2ccccc12. The van der Waals surface area contributed by atoms with E-state index in [-0.39, 0.29) is 5.69 Å². The summed E-state index contributed by atoms with van der Waals surface area (Å²) in [6.07, 6.45) is 0. The summed E-state index contributed by atoms with van der Waals surface area (Å²) in [4.78, 5) is 15.0. The number of hydrogen-bond donors (Lipinski definition) is 2. The third kappa shape index (κ3) is 2.04. The number of nitrogens with one attached hydrogen (secondary N) is 1. The lowest BCUT2D eigenvalue weighted by Gasteiger charge is -2.11. The molecule has 5 rings (SSSR count). The van der Waals surface area contributed by atoms with Gasteiger partial charge in [0, 0.05) is 16.5 Å². The van der Waals surface area contributed by atoms with E-state index in [1.807, 2.05) is 48.5 Å². The summed E-state index contributed by atoms with van der Waals surface area (Å²) >= 11 is 0. The number of carbonyl (C=O) groups is 1. The lowest BCUT2D eigenvalue weighted by molar-refractivity contribution is 0.0692. The largest absolute Gasteiger partial charge is 0.477 e. The van der Waals surface area contributed by atoms with Crippen LogP contribution in [0.2, 0.25) is 0 Å². The lowest BCUT2D eigenvalue weighted by Crippen LogP contribution is -1.99. The topological polar surface area (TPSA) is 53.1 Å². The summed E-state index contributed by atoms with van der Waals surface area (Å²) in [6.45, 7) is 0. The van der Waals surface area contributed by atoms with Crippen molar-refractivity contribution in [2.45, 2.75) is 0 Å². The highest BCUT2D eigenvalue weighted by Gasteiger charge is 2.20. The lowest BCUT2D eigenvalue weighted by atomic mass is 9.92. The fourth-order valence-electron chi connectivity index (χ4n) is 3.84. The molecule has 26 heavy (non-hydrogen) atoms.